The molecule has 1 atom stereocenters. The SMILES string of the molecule is CS(=O)(=O)N1CCC(C(=O)N[C@H]2CCSc3ccc(F)cc32)CC1. The first-order valence-electron chi connectivity index (χ1n) is 8.02. The van der Waals surface area contributed by atoms with E-state index in [2.05, 4.69) is 5.32 Å². The first-order valence-corrected chi connectivity index (χ1v) is 10.9. The van der Waals surface area contributed by atoms with Crippen molar-refractivity contribution < 1.29 is 17.6 Å². The van der Waals surface area contributed by atoms with Gasteiger partial charge in [0, 0.05) is 29.7 Å². The fourth-order valence-corrected chi connectivity index (χ4v) is 5.23. The summed E-state index contributed by atoms with van der Waals surface area (Å²) in [6, 6.07) is 4.53. The van der Waals surface area contributed by atoms with Gasteiger partial charge >= 0.3 is 0 Å². The molecular weight excluding hydrogens is 351 g/mol. The van der Waals surface area contributed by atoms with E-state index in [0.29, 0.717) is 25.9 Å². The van der Waals surface area contributed by atoms with Crippen LogP contribution in [-0.4, -0.2) is 43.7 Å². The number of carbonyl (C=O) groups is 1. The van der Waals surface area contributed by atoms with Crippen LogP contribution in [0, 0.1) is 11.7 Å². The van der Waals surface area contributed by atoms with Crippen LogP contribution in [0.25, 0.3) is 0 Å². The Morgan fingerprint density at radius 1 is 1.29 bits per heavy atom. The summed E-state index contributed by atoms with van der Waals surface area (Å²) < 4.78 is 38.0. The average molecular weight is 372 g/mol. The maximum absolute atomic E-state index is 13.5. The van der Waals surface area contributed by atoms with Crippen molar-refractivity contribution in [2.45, 2.75) is 30.2 Å². The van der Waals surface area contributed by atoms with Crippen LogP contribution in [0.5, 0.6) is 0 Å². The maximum Gasteiger partial charge on any atom is 0.223 e. The molecule has 1 N–H and O–H groups in total. The average Bonchev–Trinajstić information content (AvgIpc) is 2.54. The van der Waals surface area contributed by atoms with Gasteiger partial charge in [-0.15, -0.1) is 11.8 Å². The predicted molar refractivity (Wildman–Crippen MR) is 91.8 cm³/mol. The molecule has 2 heterocycles. The quantitative estimate of drug-likeness (QED) is 0.883. The highest BCUT2D eigenvalue weighted by molar-refractivity contribution is 7.99. The number of rotatable bonds is 3. The van der Waals surface area contributed by atoms with E-state index in [9.17, 15) is 17.6 Å². The lowest BCUT2D eigenvalue weighted by Crippen LogP contribution is -2.43. The monoisotopic (exact) mass is 372 g/mol. The summed E-state index contributed by atoms with van der Waals surface area (Å²) >= 11 is 1.68. The smallest absolute Gasteiger partial charge is 0.223 e. The number of hydrogen-bond acceptors (Lipinski definition) is 4. The van der Waals surface area contributed by atoms with Gasteiger partial charge in [0.15, 0.2) is 0 Å². The highest BCUT2D eigenvalue weighted by Gasteiger charge is 2.31. The third kappa shape index (κ3) is 3.92. The highest BCUT2D eigenvalue weighted by atomic mass is 32.2. The van der Waals surface area contributed by atoms with E-state index in [1.807, 2.05) is 0 Å². The number of sulfonamides is 1. The fraction of sp³-hybridized carbons (Fsp3) is 0.562. The Morgan fingerprint density at radius 3 is 2.67 bits per heavy atom. The van der Waals surface area contributed by atoms with Crippen LogP contribution >= 0.6 is 11.8 Å². The van der Waals surface area contributed by atoms with Crippen molar-refractivity contribution in [3.63, 3.8) is 0 Å². The lowest BCUT2D eigenvalue weighted by molar-refractivity contribution is -0.126. The molecule has 2 aliphatic rings. The third-order valence-corrected chi connectivity index (χ3v) is 7.05. The molecule has 0 saturated carbocycles. The zero-order valence-corrected chi connectivity index (χ0v) is 15.1. The van der Waals surface area contributed by atoms with Gasteiger partial charge in [0.2, 0.25) is 15.9 Å². The van der Waals surface area contributed by atoms with Crippen molar-refractivity contribution in [3.05, 3.63) is 29.6 Å². The number of hydrogen-bond donors (Lipinski definition) is 1. The molecule has 0 aliphatic carbocycles. The summed E-state index contributed by atoms with van der Waals surface area (Å²) in [5.74, 6) is 0.345. The zero-order valence-electron chi connectivity index (χ0n) is 13.5. The van der Waals surface area contributed by atoms with E-state index in [4.69, 9.17) is 0 Å². The first kappa shape index (κ1) is 17.7. The lowest BCUT2D eigenvalue weighted by atomic mass is 9.95. The second-order valence-corrected chi connectivity index (χ2v) is 9.44. The summed E-state index contributed by atoms with van der Waals surface area (Å²) in [6.07, 6.45) is 3.01. The minimum absolute atomic E-state index is 0.0599. The Labute approximate surface area is 146 Å². The second-order valence-electron chi connectivity index (χ2n) is 6.32. The Morgan fingerprint density at radius 2 is 2.00 bits per heavy atom. The van der Waals surface area contributed by atoms with Gasteiger partial charge in [-0.3, -0.25) is 4.79 Å². The normalized spacial score (nSPS) is 22.8. The van der Waals surface area contributed by atoms with Crippen molar-refractivity contribution in [1.82, 2.24) is 9.62 Å². The van der Waals surface area contributed by atoms with Gasteiger partial charge in [-0.05, 0) is 43.0 Å². The van der Waals surface area contributed by atoms with Gasteiger partial charge in [0.05, 0.1) is 12.3 Å². The van der Waals surface area contributed by atoms with E-state index in [1.54, 1.807) is 17.8 Å². The molecule has 1 amide bonds. The van der Waals surface area contributed by atoms with Crippen LogP contribution < -0.4 is 5.32 Å². The van der Waals surface area contributed by atoms with E-state index in [0.717, 1.165) is 22.6 Å². The van der Waals surface area contributed by atoms with Crippen LogP contribution in [-0.2, 0) is 14.8 Å². The standard InChI is InChI=1S/C16H21FN2O3S2/c1-24(21,22)19-7-4-11(5-8-19)16(20)18-14-6-9-23-15-3-2-12(17)10-13(14)15/h2-3,10-11,14H,4-9H2,1H3,(H,18,20)/t14-/m0/s1. The topological polar surface area (TPSA) is 66.5 Å². The van der Waals surface area contributed by atoms with E-state index in [-0.39, 0.29) is 23.7 Å². The van der Waals surface area contributed by atoms with Gasteiger partial charge < -0.3 is 5.32 Å². The molecule has 8 heteroatoms. The van der Waals surface area contributed by atoms with Crippen molar-refractivity contribution in [3.8, 4) is 0 Å². The minimum Gasteiger partial charge on any atom is -0.349 e. The molecule has 2 aliphatic heterocycles. The molecule has 0 unspecified atom stereocenters. The van der Waals surface area contributed by atoms with Gasteiger partial charge in [-0.25, -0.2) is 17.1 Å². The van der Waals surface area contributed by atoms with E-state index < -0.39 is 10.0 Å². The van der Waals surface area contributed by atoms with E-state index in [1.165, 1.54) is 22.7 Å². The number of carbonyl (C=O) groups excluding carboxylic acids is 1. The zero-order chi connectivity index (χ0) is 17.3. The summed E-state index contributed by atoms with van der Waals surface area (Å²) in [5.41, 5.74) is 0.841. The molecule has 0 radical (unpaired) electrons. The molecule has 5 nitrogen and oxygen atoms in total. The van der Waals surface area contributed by atoms with Crippen molar-refractivity contribution in [1.29, 1.82) is 0 Å². The van der Waals surface area contributed by atoms with Gasteiger partial charge in [0.25, 0.3) is 0 Å². The van der Waals surface area contributed by atoms with Crippen LogP contribution in [0.15, 0.2) is 23.1 Å². The largest absolute Gasteiger partial charge is 0.349 e. The highest BCUT2D eigenvalue weighted by Crippen LogP contribution is 2.36. The molecule has 3 rings (SSSR count). The molecule has 24 heavy (non-hydrogen) atoms. The van der Waals surface area contributed by atoms with Crippen LogP contribution in [0.1, 0.15) is 30.9 Å². The number of benzene rings is 1. The first-order chi connectivity index (χ1) is 11.3. The summed E-state index contributed by atoms with van der Waals surface area (Å²) in [6.45, 7) is 0.755. The van der Waals surface area contributed by atoms with Gasteiger partial charge in [-0.2, -0.15) is 0 Å². The minimum atomic E-state index is -3.19. The number of halogens is 1. The predicted octanol–water partition coefficient (Wildman–Crippen LogP) is 2.15. The van der Waals surface area contributed by atoms with Crippen molar-refractivity contribution >= 4 is 27.7 Å². The Kier molecular flexibility index (Phi) is 5.17. The number of nitrogens with zero attached hydrogens (tertiary/aromatic N) is 1. The fourth-order valence-electron chi connectivity index (χ4n) is 3.25. The molecular formula is C16H21FN2O3S2. The summed E-state index contributed by atoms with van der Waals surface area (Å²) in [5, 5.41) is 3.04. The Bertz CT molecular complexity index is 731. The molecule has 132 valence electrons. The molecule has 1 saturated heterocycles. The molecule has 0 bridgehead atoms. The molecule has 1 aromatic carbocycles. The number of amides is 1. The maximum atomic E-state index is 13.5. The third-order valence-electron chi connectivity index (χ3n) is 4.62. The molecule has 1 fully saturated rings. The molecule has 1 aromatic rings. The van der Waals surface area contributed by atoms with Crippen molar-refractivity contribution in [2.24, 2.45) is 5.92 Å². The number of nitrogens with one attached hydrogen (secondary N) is 1. The molecule has 0 spiro atoms. The number of thioether (sulfide) groups is 1. The van der Waals surface area contributed by atoms with Crippen LogP contribution in [0.3, 0.4) is 0 Å². The van der Waals surface area contributed by atoms with Gasteiger partial charge in [-0.1, -0.05) is 0 Å². The Balaban J connectivity index is 1.64. The number of piperidine rings is 1. The summed E-state index contributed by atoms with van der Waals surface area (Å²) in [7, 11) is -3.19. The second kappa shape index (κ2) is 7.01. The van der Waals surface area contributed by atoms with Crippen LogP contribution in [0.2, 0.25) is 0 Å². The summed E-state index contributed by atoms with van der Waals surface area (Å²) in [4.78, 5) is 13.6. The van der Waals surface area contributed by atoms with Gasteiger partial charge in [0.1, 0.15) is 5.82 Å². The lowest BCUT2D eigenvalue weighted by Gasteiger charge is -2.32. The Hall–Kier alpha value is -1.12. The van der Waals surface area contributed by atoms with Crippen molar-refractivity contribution in [2.75, 3.05) is 25.1 Å². The van der Waals surface area contributed by atoms with Crippen LogP contribution in [0.4, 0.5) is 4.39 Å². The number of fused-ring (bicyclic) bond motifs is 1. The molecule has 0 aromatic heterocycles. The van der Waals surface area contributed by atoms with E-state index >= 15 is 0 Å².